The van der Waals surface area contributed by atoms with Crippen LogP contribution in [0.15, 0.2) is 17.5 Å². The lowest BCUT2D eigenvalue weighted by Gasteiger charge is -2.26. The molecule has 1 heterocycles. The summed E-state index contributed by atoms with van der Waals surface area (Å²) < 4.78 is 0. The summed E-state index contributed by atoms with van der Waals surface area (Å²) in [5, 5.41) is 2.13. The van der Waals surface area contributed by atoms with Crippen LogP contribution in [0.4, 0.5) is 0 Å². The van der Waals surface area contributed by atoms with Crippen LogP contribution in [0.2, 0.25) is 0 Å². The fourth-order valence-electron chi connectivity index (χ4n) is 2.48. The van der Waals surface area contributed by atoms with Crippen LogP contribution < -0.4 is 0 Å². The van der Waals surface area contributed by atoms with E-state index in [2.05, 4.69) is 36.4 Å². The van der Waals surface area contributed by atoms with Gasteiger partial charge in [0.1, 0.15) is 5.78 Å². The largest absolute Gasteiger partial charge is 0.303 e. The van der Waals surface area contributed by atoms with Gasteiger partial charge in [0, 0.05) is 29.8 Å². The standard InChI is InChI=1S/C14H21NOS/c1-11(9-13-6-4-8-17-13)15(2)10-12-5-3-7-14(12)16/h4,6,8,11-12H,3,5,7,9-10H2,1-2H3. The number of carbonyl (C=O) groups is 1. The minimum absolute atomic E-state index is 0.297. The highest BCUT2D eigenvalue weighted by molar-refractivity contribution is 7.09. The zero-order chi connectivity index (χ0) is 12.3. The fourth-order valence-corrected chi connectivity index (χ4v) is 3.31. The van der Waals surface area contributed by atoms with Gasteiger partial charge in [-0.15, -0.1) is 11.3 Å². The molecule has 0 spiro atoms. The van der Waals surface area contributed by atoms with Crippen LogP contribution in [0.5, 0.6) is 0 Å². The van der Waals surface area contributed by atoms with Gasteiger partial charge in [0.2, 0.25) is 0 Å². The molecule has 2 rings (SSSR count). The molecule has 94 valence electrons. The topological polar surface area (TPSA) is 20.3 Å². The molecule has 2 nitrogen and oxygen atoms in total. The number of hydrogen-bond acceptors (Lipinski definition) is 3. The lowest BCUT2D eigenvalue weighted by Crippen LogP contribution is -2.36. The summed E-state index contributed by atoms with van der Waals surface area (Å²) in [5.74, 6) is 0.769. The van der Waals surface area contributed by atoms with Gasteiger partial charge in [-0.2, -0.15) is 0 Å². The fraction of sp³-hybridized carbons (Fsp3) is 0.643. The van der Waals surface area contributed by atoms with Crippen LogP contribution >= 0.6 is 11.3 Å². The predicted octanol–water partition coefficient (Wildman–Crippen LogP) is 2.98. The molecule has 0 radical (unpaired) electrons. The third-order valence-corrected chi connectivity index (χ3v) is 4.67. The quantitative estimate of drug-likeness (QED) is 0.802. The third kappa shape index (κ3) is 3.39. The Balaban J connectivity index is 1.82. The number of rotatable bonds is 5. The lowest BCUT2D eigenvalue weighted by atomic mass is 10.1. The first-order chi connectivity index (χ1) is 8.16. The first-order valence-corrected chi connectivity index (χ1v) is 7.30. The molecular weight excluding hydrogens is 230 g/mol. The molecule has 1 aliphatic carbocycles. The van der Waals surface area contributed by atoms with Gasteiger partial charge < -0.3 is 4.90 Å². The Morgan fingerprint density at radius 2 is 2.41 bits per heavy atom. The number of ketones is 1. The van der Waals surface area contributed by atoms with E-state index in [1.807, 2.05) is 11.3 Å². The predicted molar refractivity (Wildman–Crippen MR) is 72.5 cm³/mol. The maximum Gasteiger partial charge on any atom is 0.137 e. The summed E-state index contributed by atoms with van der Waals surface area (Å²) >= 11 is 1.82. The second kappa shape index (κ2) is 5.78. The van der Waals surface area contributed by atoms with Crippen molar-refractivity contribution in [2.75, 3.05) is 13.6 Å². The van der Waals surface area contributed by atoms with E-state index in [-0.39, 0.29) is 0 Å². The number of hydrogen-bond donors (Lipinski definition) is 0. The maximum atomic E-state index is 11.6. The molecule has 2 atom stereocenters. The second-order valence-corrected chi connectivity index (χ2v) is 6.16. The average Bonchev–Trinajstić information content (AvgIpc) is 2.91. The van der Waals surface area contributed by atoms with Crippen molar-refractivity contribution in [2.45, 2.75) is 38.6 Å². The highest BCUT2D eigenvalue weighted by atomic mass is 32.1. The molecule has 1 aromatic rings. The molecule has 2 unspecified atom stereocenters. The zero-order valence-electron chi connectivity index (χ0n) is 10.7. The number of thiophene rings is 1. The second-order valence-electron chi connectivity index (χ2n) is 5.13. The van der Waals surface area contributed by atoms with E-state index in [4.69, 9.17) is 0 Å². The Labute approximate surface area is 108 Å². The molecule has 0 bridgehead atoms. The first-order valence-electron chi connectivity index (χ1n) is 6.42. The van der Waals surface area contributed by atoms with Crippen molar-refractivity contribution in [3.63, 3.8) is 0 Å². The van der Waals surface area contributed by atoms with Gasteiger partial charge in [-0.05, 0) is 44.7 Å². The van der Waals surface area contributed by atoms with Crippen LogP contribution in [-0.4, -0.2) is 30.3 Å². The van der Waals surface area contributed by atoms with E-state index >= 15 is 0 Å². The van der Waals surface area contributed by atoms with Gasteiger partial charge in [-0.3, -0.25) is 4.79 Å². The van der Waals surface area contributed by atoms with E-state index in [1.165, 1.54) is 4.88 Å². The zero-order valence-corrected chi connectivity index (χ0v) is 11.5. The van der Waals surface area contributed by atoms with Gasteiger partial charge in [0.25, 0.3) is 0 Å². The Bertz CT molecular complexity index is 360. The van der Waals surface area contributed by atoms with Crippen LogP contribution in [0.3, 0.4) is 0 Å². The summed E-state index contributed by atoms with van der Waals surface area (Å²) in [4.78, 5) is 15.4. The molecule has 1 fully saturated rings. The van der Waals surface area contributed by atoms with Crippen molar-refractivity contribution >= 4 is 17.1 Å². The van der Waals surface area contributed by atoms with E-state index in [0.29, 0.717) is 17.7 Å². The van der Waals surface area contributed by atoms with Crippen molar-refractivity contribution < 1.29 is 4.79 Å². The highest BCUT2D eigenvalue weighted by Crippen LogP contribution is 2.23. The number of carbonyl (C=O) groups excluding carboxylic acids is 1. The lowest BCUT2D eigenvalue weighted by molar-refractivity contribution is -0.121. The van der Waals surface area contributed by atoms with E-state index in [1.54, 1.807) is 0 Å². The molecule has 1 saturated carbocycles. The van der Waals surface area contributed by atoms with Crippen LogP contribution in [-0.2, 0) is 11.2 Å². The van der Waals surface area contributed by atoms with E-state index < -0.39 is 0 Å². The Kier molecular flexibility index (Phi) is 4.35. The van der Waals surface area contributed by atoms with Crippen molar-refractivity contribution in [3.05, 3.63) is 22.4 Å². The summed E-state index contributed by atoms with van der Waals surface area (Å²) in [6.07, 6.45) is 4.08. The van der Waals surface area contributed by atoms with Gasteiger partial charge in [0.15, 0.2) is 0 Å². The minimum atomic E-state index is 0.297. The smallest absolute Gasteiger partial charge is 0.137 e. The van der Waals surface area contributed by atoms with Crippen LogP contribution in [0.25, 0.3) is 0 Å². The van der Waals surface area contributed by atoms with Crippen LogP contribution in [0.1, 0.15) is 31.1 Å². The molecule has 0 saturated heterocycles. The number of Topliss-reactive ketones (excluding diaryl/α,β-unsaturated/α-hetero) is 1. The third-order valence-electron chi connectivity index (χ3n) is 3.77. The number of likely N-dealkylation sites (N-methyl/N-ethyl adjacent to an activating group) is 1. The van der Waals surface area contributed by atoms with Crippen molar-refractivity contribution in [2.24, 2.45) is 5.92 Å². The van der Waals surface area contributed by atoms with Gasteiger partial charge in [-0.1, -0.05) is 6.07 Å². The molecule has 0 aliphatic heterocycles. The van der Waals surface area contributed by atoms with Crippen LogP contribution in [0, 0.1) is 5.92 Å². The first kappa shape index (κ1) is 12.8. The van der Waals surface area contributed by atoms with Crippen molar-refractivity contribution in [1.82, 2.24) is 4.90 Å². The maximum absolute atomic E-state index is 11.6. The number of nitrogens with zero attached hydrogens (tertiary/aromatic N) is 1. The monoisotopic (exact) mass is 251 g/mol. The van der Waals surface area contributed by atoms with Gasteiger partial charge in [-0.25, -0.2) is 0 Å². The summed E-state index contributed by atoms with van der Waals surface area (Å²) in [5.41, 5.74) is 0. The van der Waals surface area contributed by atoms with Crippen molar-refractivity contribution in [3.8, 4) is 0 Å². The Hall–Kier alpha value is -0.670. The van der Waals surface area contributed by atoms with Gasteiger partial charge >= 0.3 is 0 Å². The molecule has 1 aliphatic rings. The molecule has 0 amide bonds. The average molecular weight is 251 g/mol. The molecule has 17 heavy (non-hydrogen) atoms. The Morgan fingerprint density at radius 3 is 3.00 bits per heavy atom. The van der Waals surface area contributed by atoms with E-state index in [0.717, 1.165) is 32.2 Å². The Morgan fingerprint density at radius 1 is 1.59 bits per heavy atom. The molecule has 0 N–H and O–H groups in total. The summed E-state index contributed by atoms with van der Waals surface area (Å²) in [7, 11) is 2.14. The highest BCUT2D eigenvalue weighted by Gasteiger charge is 2.26. The summed E-state index contributed by atoms with van der Waals surface area (Å²) in [6, 6.07) is 4.81. The summed E-state index contributed by atoms with van der Waals surface area (Å²) in [6.45, 7) is 3.19. The SMILES string of the molecule is CC(Cc1cccs1)N(C)CC1CCCC1=O. The molecule has 0 aromatic carbocycles. The molecular formula is C14H21NOS. The molecule has 1 aromatic heterocycles. The molecule has 3 heteroatoms. The van der Waals surface area contributed by atoms with Gasteiger partial charge in [0.05, 0.1) is 0 Å². The normalized spacial score (nSPS) is 22.3. The van der Waals surface area contributed by atoms with Crippen molar-refractivity contribution in [1.29, 1.82) is 0 Å². The van der Waals surface area contributed by atoms with E-state index in [9.17, 15) is 4.79 Å². The minimum Gasteiger partial charge on any atom is -0.303 e.